The van der Waals surface area contributed by atoms with Gasteiger partial charge in [0.1, 0.15) is 0 Å². The number of nitrogens with one attached hydrogen (secondary N) is 1. The monoisotopic (exact) mass is 210 g/mol. The van der Waals surface area contributed by atoms with E-state index in [9.17, 15) is 4.79 Å². The van der Waals surface area contributed by atoms with Crippen molar-refractivity contribution < 1.29 is 9.53 Å². The van der Waals surface area contributed by atoms with Gasteiger partial charge in [0.2, 0.25) is 0 Å². The van der Waals surface area contributed by atoms with E-state index in [1.165, 1.54) is 5.56 Å². The van der Waals surface area contributed by atoms with Crippen LogP contribution in [0.5, 0.6) is 0 Å². The Hall–Kier alpha value is -1.29. The van der Waals surface area contributed by atoms with Crippen LogP contribution < -0.4 is 0 Å². The van der Waals surface area contributed by atoms with Gasteiger partial charge in [-0.3, -0.25) is 9.69 Å². The van der Waals surface area contributed by atoms with Crippen LogP contribution >= 0.6 is 0 Å². The minimum atomic E-state index is -0.158. The molecule has 0 aliphatic heterocycles. The Kier molecular flexibility index (Phi) is 4.90. The SMILES string of the molecule is CCOC(=O)CN(C)CCc1cc[nH]c1. The standard InChI is InChI=1S/C11H18N2O2/c1-3-15-11(14)9-13(2)7-5-10-4-6-12-8-10/h4,6,8,12H,3,5,7,9H2,1-2H3. The molecule has 0 saturated carbocycles. The van der Waals surface area contributed by atoms with Gasteiger partial charge in [0, 0.05) is 18.9 Å². The van der Waals surface area contributed by atoms with E-state index in [1.54, 1.807) is 0 Å². The highest BCUT2D eigenvalue weighted by Crippen LogP contribution is 1.99. The molecule has 0 unspecified atom stereocenters. The molecule has 1 rings (SSSR count). The number of rotatable bonds is 6. The number of esters is 1. The van der Waals surface area contributed by atoms with Crippen molar-refractivity contribution in [3.05, 3.63) is 24.0 Å². The molecule has 0 radical (unpaired) electrons. The fourth-order valence-corrected chi connectivity index (χ4v) is 1.34. The molecule has 0 aliphatic carbocycles. The third kappa shape index (κ3) is 4.65. The summed E-state index contributed by atoms with van der Waals surface area (Å²) in [4.78, 5) is 16.1. The molecule has 0 amide bonds. The Morgan fingerprint density at radius 1 is 1.60 bits per heavy atom. The summed E-state index contributed by atoms with van der Waals surface area (Å²) in [6.45, 7) is 3.48. The summed E-state index contributed by atoms with van der Waals surface area (Å²) < 4.78 is 4.86. The van der Waals surface area contributed by atoms with Crippen LogP contribution in [0.25, 0.3) is 0 Å². The molecular formula is C11H18N2O2. The van der Waals surface area contributed by atoms with E-state index in [4.69, 9.17) is 4.74 Å². The summed E-state index contributed by atoms with van der Waals surface area (Å²) in [5.41, 5.74) is 1.26. The molecule has 4 nitrogen and oxygen atoms in total. The Morgan fingerprint density at radius 2 is 2.40 bits per heavy atom. The van der Waals surface area contributed by atoms with Gasteiger partial charge < -0.3 is 9.72 Å². The number of ether oxygens (including phenoxy) is 1. The number of hydrogen-bond donors (Lipinski definition) is 1. The van der Waals surface area contributed by atoms with Crippen molar-refractivity contribution in [2.45, 2.75) is 13.3 Å². The van der Waals surface area contributed by atoms with Gasteiger partial charge in [0.25, 0.3) is 0 Å². The lowest BCUT2D eigenvalue weighted by Gasteiger charge is -2.14. The van der Waals surface area contributed by atoms with Gasteiger partial charge in [-0.05, 0) is 32.0 Å². The molecule has 1 N–H and O–H groups in total. The Morgan fingerprint density at radius 3 is 3.00 bits per heavy atom. The van der Waals surface area contributed by atoms with Crippen LogP contribution in [0.4, 0.5) is 0 Å². The van der Waals surface area contributed by atoms with Crippen molar-refractivity contribution in [3.63, 3.8) is 0 Å². The number of likely N-dealkylation sites (N-methyl/N-ethyl adjacent to an activating group) is 1. The zero-order valence-electron chi connectivity index (χ0n) is 9.32. The summed E-state index contributed by atoms with van der Waals surface area (Å²) >= 11 is 0. The largest absolute Gasteiger partial charge is 0.465 e. The van der Waals surface area contributed by atoms with Gasteiger partial charge in [-0.15, -0.1) is 0 Å². The maximum atomic E-state index is 11.1. The highest BCUT2D eigenvalue weighted by atomic mass is 16.5. The molecule has 1 aromatic rings. The predicted octanol–water partition coefficient (Wildman–Crippen LogP) is 1.05. The molecular weight excluding hydrogens is 192 g/mol. The van der Waals surface area contributed by atoms with Crippen LogP contribution in [0.1, 0.15) is 12.5 Å². The highest BCUT2D eigenvalue weighted by Gasteiger charge is 2.06. The Bertz CT molecular complexity index is 283. The van der Waals surface area contributed by atoms with Gasteiger partial charge in [0.15, 0.2) is 0 Å². The molecule has 1 aromatic heterocycles. The zero-order chi connectivity index (χ0) is 11.1. The number of carbonyl (C=O) groups excluding carboxylic acids is 1. The second kappa shape index (κ2) is 6.24. The molecule has 0 saturated heterocycles. The lowest BCUT2D eigenvalue weighted by Crippen LogP contribution is -2.29. The van der Waals surface area contributed by atoms with E-state index in [0.717, 1.165) is 13.0 Å². The first-order valence-corrected chi connectivity index (χ1v) is 5.18. The minimum Gasteiger partial charge on any atom is -0.465 e. The van der Waals surface area contributed by atoms with Crippen molar-refractivity contribution in [2.24, 2.45) is 0 Å². The van der Waals surface area contributed by atoms with Gasteiger partial charge in [0.05, 0.1) is 13.2 Å². The number of aromatic nitrogens is 1. The molecule has 1 heterocycles. The number of carbonyl (C=O) groups is 1. The first-order chi connectivity index (χ1) is 7.22. The fraction of sp³-hybridized carbons (Fsp3) is 0.545. The summed E-state index contributed by atoms with van der Waals surface area (Å²) in [7, 11) is 1.92. The Balaban J connectivity index is 2.18. The van der Waals surface area contributed by atoms with Gasteiger partial charge in [-0.25, -0.2) is 0 Å². The normalized spacial score (nSPS) is 10.6. The molecule has 0 bridgehead atoms. The van der Waals surface area contributed by atoms with Crippen LogP contribution in [0.2, 0.25) is 0 Å². The highest BCUT2D eigenvalue weighted by molar-refractivity contribution is 5.71. The van der Waals surface area contributed by atoms with Crippen molar-refractivity contribution in [1.29, 1.82) is 0 Å². The third-order valence-electron chi connectivity index (χ3n) is 2.15. The molecule has 0 aliphatic rings. The molecule has 0 atom stereocenters. The second-order valence-corrected chi connectivity index (χ2v) is 3.51. The van der Waals surface area contributed by atoms with Gasteiger partial charge in [-0.2, -0.15) is 0 Å². The van der Waals surface area contributed by atoms with E-state index in [-0.39, 0.29) is 5.97 Å². The van der Waals surface area contributed by atoms with Crippen molar-refractivity contribution in [1.82, 2.24) is 9.88 Å². The van der Waals surface area contributed by atoms with E-state index in [0.29, 0.717) is 13.2 Å². The molecule has 4 heteroatoms. The first kappa shape index (κ1) is 11.8. The molecule has 0 fully saturated rings. The predicted molar refractivity (Wildman–Crippen MR) is 58.6 cm³/mol. The van der Waals surface area contributed by atoms with Crippen LogP contribution in [-0.4, -0.2) is 42.6 Å². The van der Waals surface area contributed by atoms with Crippen molar-refractivity contribution >= 4 is 5.97 Å². The summed E-state index contributed by atoms with van der Waals surface area (Å²) in [5, 5.41) is 0. The van der Waals surface area contributed by atoms with Crippen molar-refractivity contribution in [3.8, 4) is 0 Å². The van der Waals surface area contributed by atoms with E-state index in [1.807, 2.05) is 37.3 Å². The number of H-pyrrole nitrogens is 1. The lowest BCUT2D eigenvalue weighted by atomic mass is 10.2. The maximum Gasteiger partial charge on any atom is 0.320 e. The Labute approximate surface area is 90.2 Å². The van der Waals surface area contributed by atoms with Gasteiger partial charge in [-0.1, -0.05) is 0 Å². The van der Waals surface area contributed by atoms with Crippen molar-refractivity contribution in [2.75, 3.05) is 26.7 Å². The maximum absolute atomic E-state index is 11.1. The quantitative estimate of drug-likeness (QED) is 0.714. The summed E-state index contributed by atoms with van der Waals surface area (Å²) in [5.74, 6) is -0.158. The van der Waals surface area contributed by atoms with Crippen LogP contribution in [-0.2, 0) is 16.0 Å². The first-order valence-electron chi connectivity index (χ1n) is 5.18. The van der Waals surface area contributed by atoms with Crippen LogP contribution in [0.3, 0.4) is 0 Å². The van der Waals surface area contributed by atoms with E-state index < -0.39 is 0 Å². The zero-order valence-corrected chi connectivity index (χ0v) is 9.32. The van der Waals surface area contributed by atoms with E-state index >= 15 is 0 Å². The van der Waals surface area contributed by atoms with Crippen LogP contribution in [0.15, 0.2) is 18.5 Å². The van der Waals surface area contributed by atoms with E-state index in [2.05, 4.69) is 4.98 Å². The van der Waals surface area contributed by atoms with Gasteiger partial charge >= 0.3 is 5.97 Å². The fourth-order valence-electron chi connectivity index (χ4n) is 1.34. The summed E-state index contributed by atoms with van der Waals surface area (Å²) in [6, 6.07) is 2.04. The molecule has 0 spiro atoms. The minimum absolute atomic E-state index is 0.158. The third-order valence-corrected chi connectivity index (χ3v) is 2.15. The smallest absolute Gasteiger partial charge is 0.320 e. The molecule has 15 heavy (non-hydrogen) atoms. The topological polar surface area (TPSA) is 45.3 Å². The summed E-state index contributed by atoms with van der Waals surface area (Å²) in [6.07, 6.45) is 4.82. The van der Waals surface area contributed by atoms with Crippen LogP contribution in [0, 0.1) is 0 Å². The average Bonchev–Trinajstić information content (AvgIpc) is 2.67. The molecule has 0 aromatic carbocycles. The lowest BCUT2D eigenvalue weighted by molar-refractivity contribution is -0.144. The average molecular weight is 210 g/mol. The number of hydrogen-bond acceptors (Lipinski definition) is 3. The molecule has 84 valence electrons. The number of aromatic amines is 1. The second-order valence-electron chi connectivity index (χ2n) is 3.51. The number of nitrogens with zero attached hydrogens (tertiary/aromatic N) is 1.